The number of carbonyl (C=O) groups is 1. The number of thioether (sulfide) groups is 1. The van der Waals surface area contributed by atoms with Gasteiger partial charge in [0, 0.05) is 0 Å². The first-order valence-electron chi connectivity index (χ1n) is 8.04. The number of aryl methyl sites for hydroxylation is 2. The average molecular weight is 386 g/mol. The summed E-state index contributed by atoms with van der Waals surface area (Å²) in [5.41, 5.74) is 2.62. The molecule has 0 aliphatic carbocycles. The minimum atomic E-state index is -0.436. The molecule has 0 spiro atoms. The highest BCUT2D eigenvalue weighted by atomic mass is 32.2. The maximum Gasteiger partial charge on any atom is 0.242 e. The zero-order valence-electron chi connectivity index (χ0n) is 14.7. The number of anilines is 1. The van der Waals surface area contributed by atoms with Crippen LogP contribution in [0.5, 0.6) is 5.75 Å². The molecule has 3 aromatic rings. The first-order chi connectivity index (χ1) is 12.6. The van der Waals surface area contributed by atoms with Crippen molar-refractivity contribution < 1.29 is 9.53 Å². The fraction of sp³-hybridized carbons (Fsp3) is 0.211. The second kappa shape index (κ2) is 8.33. The molecule has 0 fully saturated rings. The van der Waals surface area contributed by atoms with Crippen LogP contribution in [0.3, 0.4) is 0 Å². The third-order valence-corrected chi connectivity index (χ3v) is 5.86. The SMILES string of the molecule is COc1ccc(C)cc1NC(=O)[C@@H](Sc1nnc(C)s1)c1ccccc1. The Morgan fingerprint density at radius 2 is 1.92 bits per heavy atom. The number of methoxy groups -OCH3 is 1. The van der Waals surface area contributed by atoms with E-state index < -0.39 is 5.25 Å². The lowest BCUT2D eigenvalue weighted by Crippen LogP contribution is -2.19. The molecule has 1 aromatic heterocycles. The zero-order chi connectivity index (χ0) is 18.5. The number of nitrogens with one attached hydrogen (secondary N) is 1. The number of amides is 1. The topological polar surface area (TPSA) is 64.1 Å². The number of nitrogens with zero attached hydrogens (tertiary/aromatic N) is 2. The molecule has 0 radical (unpaired) electrons. The van der Waals surface area contributed by atoms with Crippen LogP contribution in [-0.4, -0.2) is 23.2 Å². The molecule has 134 valence electrons. The van der Waals surface area contributed by atoms with E-state index in [4.69, 9.17) is 4.74 Å². The molecule has 0 unspecified atom stereocenters. The van der Waals surface area contributed by atoms with Gasteiger partial charge in [0.25, 0.3) is 0 Å². The fourth-order valence-electron chi connectivity index (χ4n) is 2.45. The van der Waals surface area contributed by atoms with Crippen LogP contribution in [0.15, 0.2) is 52.9 Å². The van der Waals surface area contributed by atoms with Crippen LogP contribution in [0, 0.1) is 13.8 Å². The number of ether oxygens (including phenoxy) is 1. The van der Waals surface area contributed by atoms with Crippen molar-refractivity contribution in [2.75, 3.05) is 12.4 Å². The van der Waals surface area contributed by atoms with Crippen molar-refractivity contribution in [3.05, 3.63) is 64.7 Å². The predicted molar refractivity (Wildman–Crippen MR) is 106 cm³/mol. The van der Waals surface area contributed by atoms with Crippen LogP contribution < -0.4 is 10.1 Å². The highest BCUT2D eigenvalue weighted by molar-refractivity contribution is 8.01. The summed E-state index contributed by atoms with van der Waals surface area (Å²) >= 11 is 2.88. The van der Waals surface area contributed by atoms with E-state index in [1.165, 1.54) is 23.1 Å². The van der Waals surface area contributed by atoms with Gasteiger partial charge in [-0.3, -0.25) is 4.79 Å². The van der Waals surface area contributed by atoms with Gasteiger partial charge in [0.1, 0.15) is 16.0 Å². The summed E-state index contributed by atoms with van der Waals surface area (Å²) in [4.78, 5) is 13.1. The van der Waals surface area contributed by atoms with Gasteiger partial charge in [-0.25, -0.2) is 0 Å². The Morgan fingerprint density at radius 1 is 1.15 bits per heavy atom. The molecule has 1 N–H and O–H groups in total. The van der Waals surface area contributed by atoms with E-state index in [9.17, 15) is 4.79 Å². The fourth-order valence-corrected chi connectivity index (χ4v) is 4.45. The van der Waals surface area contributed by atoms with Gasteiger partial charge in [-0.05, 0) is 37.1 Å². The van der Waals surface area contributed by atoms with Crippen LogP contribution in [0.4, 0.5) is 5.69 Å². The highest BCUT2D eigenvalue weighted by Crippen LogP contribution is 2.38. The minimum Gasteiger partial charge on any atom is -0.495 e. The number of carbonyl (C=O) groups excluding carboxylic acids is 1. The maximum absolute atomic E-state index is 13.1. The third kappa shape index (κ3) is 4.42. The van der Waals surface area contributed by atoms with Crippen LogP contribution in [0.25, 0.3) is 0 Å². The van der Waals surface area contributed by atoms with Crippen molar-refractivity contribution in [2.45, 2.75) is 23.4 Å². The van der Waals surface area contributed by atoms with Crippen molar-refractivity contribution in [2.24, 2.45) is 0 Å². The lowest BCUT2D eigenvalue weighted by atomic mass is 10.1. The zero-order valence-corrected chi connectivity index (χ0v) is 16.4. The molecule has 5 nitrogen and oxygen atoms in total. The molecule has 7 heteroatoms. The second-order valence-electron chi connectivity index (χ2n) is 5.69. The molecular formula is C19H19N3O2S2. The summed E-state index contributed by atoms with van der Waals surface area (Å²) in [5.74, 6) is 0.505. The summed E-state index contributed by atoms with van der Waals surface area (Å²) in [7, 11) is 1.59. The van der Waals surface area contributed by atoms with Crippen LogP contribution in [0.1, 0.15) is 21.4 Å². The molecule has 0 bridgehead atoms. The monoisotopic (exact) mass is 385 g/mol. The van der Waals surface area contributed by atoms with Crippen molar-refractivity contribution in [3.63, 3.8) is 0 Å². The summed E-state index contributed by atoms with van der Waals surface area (Å²) in [6.45, 7) is 3.87. The van der Waals surface area contributed by atoms with E-state index >= 15 is 0 Å². The molecule has 2 aromatic carbocycles. The first kappa shape index (κ1) is 18.4. The lowest BCUT2D eigenvalue weighted by Gasteiger charge is -2.17. The van der Waals surface area contributed by atoms with E-state index in [1.807, 2.05) is 62.4 Å². The number of rotatable bonds is 6. The molecule has 1 atom stereocenters. The van der Waals surface area contributed by atoms with Crippen molar-refractivity contribution in [3.8, 4) is 5.75 Å². The molecule has 3 rings (SSSR count). The average Bonchev–Trinajstić information content (AvgIpc) is 3.05. The predicted octanol–water partition coefficient (Wildman–Crippen LogP) is 4.64. The Balaban J connectivity index is 1.89. The molecule has 0 saturated heterocycles. The summed E-state index contributed by atoms with van der Waals surface area (Å²) < 4.78 is 6.13. The van der Waals surface area contributed by atoms with Crippen LogP contribution >= 0.6 is 23.1 Å². The van der Waals surface area contributed by atoms with Crippen molar-refractivity contribution in [1.82, 2.24) is 10.2 Å². The lowest BCUT2D eigenvalue weighted by molar-refractivity contribution is -0.115. The summed E-state index contributed by atoms with van der Waals surface area (Å²) in [6.07, 6.45) is 0. The second-order valence-corrected chi connectivity index (χ2v) is 8.22. The van der Waals surface area contributed by atoms with Crippen LogP contribution in [0.2, 0.25) is 0 Å². The van der Waals surface area contributed by atoms with E-state index in [0.717, 1.165) is 20.5 Å². The van der Waals surface area contributed by atoms with Gasteiger partial charge >= 0.3 is 0 Å². The van der Waals surface area contributed by atoms with Gasteiger partial charge in [0.05, 0.1) is 12.8 Å². The summed E-state index contributed by atoms with van der Waals surface area (Å²) in [5, 5.41) is 11.6. The summed E-state index contributed by atoms with van der Waals surface area (Å²) in [6, 6.07) is 15.4. The Hall–Kier alpha value is -2.38. The molecule has 1 amide bonds. The van der Waals surface area contributed by atoms with Gasteiger partial charge in [0.2, 0.25) is 5.91 Å². The Labute approximate surface area is 160 Å². The van der Waals surface area contributed by atoms with Gasteiger partial charge in [-0.2, -0.15) is 0 Å². The first-order valence-corrected chi connectivity index (χ1v) is 9.73. The normalized spacial score (nSPS) is 11.8. The smallest absolute Gasteiger partial charge is 0.242 e. The quantitative estimate of drug-likeness (QED) is 0.627. The van der Waals surface area contributed by atoms with Gasteiger partial charge < -0.3 is 10.1 Å². The largest absolute Gasteiger partial charge is 0.495 e. The number of hydrogen-bond acceptors (Lipinski definition) is 6. The van der Waals surface area contributed by atoms with Crippen LogP contribution in [-0.2, 0) is 4.79 Å². The number of hydrogen-bond donors (Lipinski definition) is 1. The van der Waals surface area contributed by atoms with E-state index in [1.54, 1.807) is 7.11 Å². The Bertz CT molecular complexity index is 897. The van der Waals surface area contributed by atoms with Crippen molar-refractivity contribution in [1.29, 1.82) is 0 Å². The minimum absolute atomic E-state index is 0.127. The number of aromatic nitrogens is 2. The molecule has 0 aliphatic rings. The van der Waals surface area contributed by atoms with Gasteiger partial charge in [-0.1, -0.05) is 59.5 Å². The Kier molecular flexibility index (Phi) is 5.90. The molecule has 26 heavy (non-hydrogen) atoms. The highest BCUT2D eigenvalue weighted by Gasteiger charge is 2.24. The van der Waals surface area contributed by atoms with E-state index in [2.05, 4.69) is 15.5 Å². The Morgan fingerprint density at radius 3 is 2.58 bits per heavy atom. The van der Waals surface area contributed by atoms with E-state index in [0.29, 0.717) is 11.4 Å². The molecular weight excluding hydrogens is 366 g/mol. The third-order valence-electron chi connectivity index (χ3n) is 3.68. The van der Waals surface area contributed by atoms with Gasteiger partial charge in [-0.15, -0.1) is 10.2 Å². The maximum atomic E-state index is 13.1. The van der Waals surface area contributed by atoms with Gasteiger partial charge in [0.15, 0.2) is 4.34 Å². The molecule has 1 heterocycles. The van der Waals surface area contributed by atoms with Crippen molar-refractivity contribution >= 4 is 34.7 Å². The number of benzene rings is 2. The standard InChI is InChI=1S/C19H19N3O2S2/c1-12-9-10-16(24-3)15(11-12)20-18(23)17(14-7-5-4-6-8-14)26-19-22-21-13(2)25-19/h4-11,17H,1-3H3,(H,20,23)/t17-/m0/s1. The molecule has 0 saturated carbocycles. The molecule has 0 aliphatic heterocycles. The van der Waals surface area contributed by atoms with E-state index in [-0.39, 0.29) is 5.91 Å².